The number of rotatable bonds is 4. The standard InChI is InChI=1S/C14H12FNO4S/c1-9-7-11(15)5-6-13(9)21(19,20)16-12-4-2-3-10(8-12)14(17)18/h2-8,16H,1H3,(H,17,18). The van der Waals surface area contributed by atoms with E-state index in [0.717, 1.165) is 18.2 Å². The van der Waals surface area contributed by atoms with Crippen molar-refractivity contribution in [2.75, 3.05) is 4.72 Å². The molecule has 2 N–H and O–H groups in total. The topological polar surface area (TPSA) is 83.5 Å². The molecule has 0 bridgehead atoms. The van der Waals surface area contributed by atoms with Crippen molar-refractivity contribution < 1.29 is 22.7 Å². The Kier molecular flexibility index (Phi) is 3.95. The molecule has 0 heterocycles. The lowest BCUT2D eigenvalue weighted by atomic mass is 10.2. The zero-order chi connectivity index (χ0) is 15.6. The third kappa shape index (κ3) is 3.38. The average Bonchev–Trinajstić information content (AvgIpc) is 2.37. The van der Waals surface area contributed by atoms with Crippen LogP contribution in [0.2, 0.25) is 0 Å². The van der Waals surface area contributed by atoms with Crippen molar-refractivity contribution in [2.24, 2.45) is 0 Å². The molecule has 0 aliphatic heterocycles. The molecule has 0 amide bonds. The summed E-state index contributed by atoms with van der Waals surface area (Å²) in [5, 5.41) is 8.88. The summed E-state index contributed by atoms with van der Waals surface area (Å²) in [6, 6.07) is 8.75. The van der Waals surface area contributed by atoms with E-state index < -0.39 is 21.8 Å². The normalized spacial score (nSPS) is 11.1. The second-order valence-electron chi connectivity index (χ2n) is 4.40. The van der Waals surface area contributed by atoms with Crippen molar-refractivity contribution in [1.82, 2.24) is 0 Å². The number of aromatic carboxylic acids is 1. The van der Waals surface area contributed by atoms with Gasteiger partial charge in [-0.05, 0) is 48.9 Å². The van der Waals surface area contributed by atoms with Crippen LogP contribution in [-0.4, -0.2) is 19.5 Å². The van der Waals surface area contributed by atoms with Gasteiger partial charge in [-0.25, -0.2) is 17.6 Å². The molecule has 21 heavy (non-hydrogen) atoms. The van der Waals surface area contributed by atoms with Gasteiger partial charge < -0.3 is 5.11 Å². The van der Waals surface area contributed by atoms with Gasteiger partial charge in [0.15, 0.2) is 0 Å². The zero-order valence-electron chi connectivity index (χ0n) is 11.0. The van der Waals surface area contributed by atoms with Crippen LogP contribution in [0, 0.1) is 12.7 Å². The summed E-state index contributed by atoms with van der Waals surface area (Å²) >= 11 is 0. The zero-order valence-corrected chi connectivity index (χ0v) is 11.8. The number of aryl methyl sites for hydroxylation is 1. The molecule has 2 aromatic carbocycles. The smallest absolute Gasteiger partial charge is 0.335 e. The Labute approximate surface area is 121 Å². The summed E-state index contributed by atoms with van der Waals surface area (Å²) in [7, 11) is -3.91. The van der Waals surface area contributed by atoms with E-state index in [0.29, 0.717) is 0 Å². The van der Waals surface area contributed by atoms with Crippen LogP contribution in [0.1, 0.15) is 15.9 Å². The van der Waals surface area contributed by atoms with Crippen molar-refractivity contribution in [3.63, 3.8) is 0 Å². The highest BCUT2D eigenvalue weighted by atomic mass is 32.2. The number of carbonyl (C=O) groups is 1. The summed E-state index contributed by atoms with van der Waals surface area (Å²) in [5.74, 6) is -1.69. The van der Waals surface area contributed by atoms with E-state index >= 15 is 0 Å². The first kappa shape index (κ1) is 15.0. The van der Waals surface area contributed by atoms with Gasteiger partial charge in [-0.3, -0.25) is 4.72 Å². The molecule has 2 aromatic rings. The second kappa shape index (κ2) is 5.53. The third-order valence-electron chi connectivity index (χ3n) is 2.79. The number of nitrogens with one attached hydrogen (secondary N) is 1. The summed E-state index contributed by atoms with van der Waals surface area (Å²) in [6.45, 7) is 1.48. The monoisotopic (exact) mass is 309 g/mol. The number of carboxylic acid groups (broad SMARTS) is 1. The average molecular weight is 309 g/mol. The van der Waals surface area contributed by atoms with Crippen LogP contribution >= 0.6 is 0 Å². The fourth-order valence-corrected chi connectivity index (χ4v) is 3.12. The molecule has 0 spiro atoms. The lowest BCUT2D eigenvalue weighted by Gasteiger charge is -2.10. The largest absolute Gasteiger partial charge is 0.478 e. The Morgan fingerprint density at radius 1 is 1.19 bits per heavy atom. The van der Waals surface area contributed by atoms with Crippen LogP contribution in [0.15, 0.2) is 47.4 Å². The maximum absolute atomic E-state index is 13.0. The van der Waals surface area contributed by atoms with Crippen LogP contribution in [0.25, 0.3) is 0 Å². The Bertz CT molecular complexity index is 802. The van der Waals surface area contributed by atoms with E-state index in [1.807, 2.05) is 0 Å². The number of halogens is 1. The molecule has 5 nitrogen and oxygen atoms in total. The molecule has 2 rings (SSSR count). The van der Waals surface area contributed by atoms with Crippen molar-refractivity contribution in [3.05, 3.63) is 59.4 Å². The van der Waals surface area contributed by atoms with Gasteiger partial charge in [0.05, 0.1) is 10.5 Å². The number of sulfonamides is 1. The first-order chi connectivity index (χ1) is 9.79. The second-order valence-corrected chi connectivity index (χ2v) is 6.05. The summed E-state index contributed by atoms with van der Waals surface area (Å²) in [6.07, 6.45) is 0. The van der Waals surface area contributed by atoms with Crippen molar-refractivity contribution in [1.29, 1.82) is 0 Å². The summed E-state index contributed by atoms with van der Waals surface area (Å²) in [5.41, 5.74) is 0.349. The lowest BCUT2D eigenvalue weighted by molar-refractivity contribution is 0.0697. The van der Waals surface area contributed by atoms with Gasteiger partial charge in [0.25, 0.3) is 10.0 Å². The molecular weight excluding hydrogens is 297 g/mol. The van der Waals surface area contributed by atoms with Crippen molar-refractivity contribution in [3.8, 4) is 0 Å². The molecule has 0 aliphatic rings. The molecular formula is C14H12FNO4S. The van der Waals surface area contributed by atoms with Gasteiger partial charge in [-0.2, -0.15) is 0 Å². The predicted octanol–water partition coefficient (Wildman–Crippen LogP) is 2.63. The minimum Gasteiger partial charge on any atom is -0.478 e. The van der Waals surface area contributed by atoms with Crippen LogP contribution in [0.4, 0.5) is 10.1 Å². The molecule has 0 atom stereocenters. The SMILES string of the molecule is Cc1cc(F)ccc1S(=O)(=O)Nc1cccc(C(=O)O)c1. The molecule has 0 unspecified atom stereocenters. The maximum atomic E-state index is 13.0. The highest BCUT2D eigenvalue weighted by molar-refractivity contribution is 7.92. The number of benzene rings is 2. The van der Waals surface area contributed by atoms with E-state index in [4.69, 9.17) is 5.11 Å². The molecule has 7 heteroatoms. The minimum absolute atomic E-state index is 0.0361. The maximum Gasteiger partial charge on any atom is 0.335 e. The molecule has 0 radical (unpaired) electrons. The van der Waals surface area contributed by atoms with Crippen LogP contribution in [-0.2, 0) is 10.0 Å². The minimum atomic E-state index is -3.91. The van der Waals surface area contributed by atoms with Crippen molar-refractivity contribution in [2.45, 2.75) is 11.8 Å². The van der Waals surface area contributed by atoms with Gasteiger partial charge in [-0.1, -0.05) is 6.07 Å². The van der Waals surface area contributed by atoms with E-state index in [-0.39, 0.29) is 21.7 Å². The van der Waals surface area contributed by atoms with Crippen LogP contribution in [0.3, 0.4) is 0 Å². The van der Waals surface area contributed by atoms with Crippen LogP contribution < -0.4 is 4.72 Å². The first-order valence-electron chi connectivity index (χ1n) is 5.92. The Morgan fingerprint density at radius 2 is 1.90 bits per heavy atom. The van der Waals surface area contributed by atoms with Crippen LogP contribution in [0.5, 0.6) is 0 Å². The van der Waals surface area contributed by atoms with Gasteiger partial charge >= 0.3 is 5.97 Å². The highest BCUT2D eigenvalue weighted by Gasteiger charge is 2.17. The van der Waals surface area contributed by atoms with Gasteiger partial charge in [0.2, 0.25) is 0 Å². The van der Waals surface area contributed by atoms with E-state index in [2.05, 4.69) is 4.72 Å². The number of anilines is 1. The molecule has 0 aliphatic carbocycles. The van der Waals surface area contributed by atoms with E-state index in [9.17, 15) is 17.6 Å². The number of carboxylic acids is 1. The molecule has 0 saturated heterocycles. The Hall–Kier alpha value is -2.41. The van der Waals surface area contributed by atoms with Gasteiger partial charge in [0.1, 0.15) is 5.82 Å². The number of hydrogen-bond donors (Lipinski definition) is 2. The van der Waals surface area contributed by atoms with E-state index in [1.165, 1.54) is 31.2 Å². The first-order valence-corrected chi connectivity index (χ1v) is 7.40. The lowest BCUT2D eigenvalue weighted by Crippen LogP contribution is -2.14. The quantitative estimate of drug-likeness (QED) is 0.909. The molecule has 0 fully saturated rings. The molecule has 0 aromatic heterocycles. The third-order valence-corrected chi connectivity index (χ3v) is 4.33. The molecule has 0 saturated carbocycles. The summed E-state index contributed by atoms with van der Waals surface area (Å²) in [4.78, 5) is 10.8. The Morgan fingerprint density at radius 3 is 2.52 bits per heavy atom. The van der Waals surface area contributed by atoms with Gasteiger partial charge in [-0.15, -0.1) is 0 Å². The Balaban J connectivity index is 2.37. The highest BCUT2D eigenvalue weighted by Crippen LogP contribution is 2.20. The number of hydrogen-bond acceptors (Lipinski definition) is 3. The van der Waals surface area contributed by atoms with Gasteiger partial charge in [0, 0.05) is 5.69 Å². The van der Waals surface area contributed by atoms with Crippen molar-refractivity contribution >= 4 is 21.7 Å². The fraction of sp³-hybridized carbons (Fsp3) is 0.0714. The molecule has 110 valence electrons. The summed E-state index contributed by atoms with van der Waals surface area (Å²) < 4.78 is 39.8. The van der Waals surface area contributed by atoms with E-state index in [1.54, 1.807) is 0 Å². The fourth-order valence-electron chi connectivity index (χ4n) is 1.84. The predicted molar refractivity (Wildman–Crippen MR) is 75.3 cm³/mol.